The van der Waals surface area contributed by atoms with E-state index in [-0.39, 0.29) is 23.6 Å². The highest BCUT2D eigenvalue weighted by Gasteiger charge is 2.22. The monoisotopic (exact) mass is 446 g/mol. The molecule has 0 spiro atoms. The van der Waals surface area contributed by atoms with Crippen LogP contribution >= 0.6 is 0 Å². The fourth-order valence-electron chi connectivity index (χ4n) is 3.71. The van der Waals surface area contributed by atoms with Crippen LogP contribution < -0.4 is 26.2 Å². The summed E-state index contributed by atoms with van der Waals surface area (Å²) in [6, 6.07) is 21.0. The van der Waals surface area contributed by atoms with Gasteiger partial charge in [0, 0.05) is 11.7 Å². The summed E-state index contributed by atoms with van der Waals surface area (Å²) in [7, 11) is 1.60. The van der Waals surface area contributed by atoms with Gasteiger partial charge in [-0.15, -0.1) is 0 Å². The number of halogens is 1. The summed E-state index contributed by atoms with van der Waals surface area (Å²) in [4.78, 5) is 23.0. The molecule has 0 heterocycles. The Morgan fingerprint density at radius 1 is 0.879 bits per heavy atom. The maximum atomic E-state index is 13.4. The predicted octanol–water partition coefficient (Wildman–Crippen LogP) is 4.32. The first-order valence-electron chi connectivity index (χ1n) is 10.4. The van der Waals surface area contributed by atoms with Crippen molar-refractivity contribution < 1.29 is 14.2 Å². The summed E-state index contributed by atoms with van der Waals surface area (Å²) in [5, 5.41) is 16.1. The van der Waals surface area contributed by atoms with Crippen LogP contribution in [0.4, 0.5) is 15.8 Å². The van der Waals surface area contributed by atoms with Crippen molar-refractivity contribution in [2.45, 2.75) is 19.0 Å². The van der Waals surface area contributed by atoms with Crippen molar-refractivity contribution in [1.82, 2.24) is 5.32 Å². The van der Waals surface area contributed by atoms with Gasteiger partial charge >= 0.3 is 0 Å². The molecule has 1 unspecified atom stereocenters. The van der Waals surface area contributed by atoms with Gasteiger partial charge in [0.25, 0.3) is 10.9 Å². The molecule has 7 heteroatoms. The van der Waals surface area contributed by atoms with E-state index in [1.54, 1.807) is 25.3 Å². The van der Waals surface area contributed by atoms with Crippen molar-refractivity contribution in [1.29, 1.82) is 0 Å². The number of hydrogen-bond donors (Lipinski definition) is 3. The fourth-order valence-corrected chi connectivity index (χ4v) is 3.71. The molecule has 2 atom stereocenters. The van der Waals surface area contributed by atoms with E-state index < -0.39 is 16.6 Å². The van der Waals surface area contributed by atoms with Gasteiger partial charge in [-0.25, -0.2) is 4.39 Å². The molecule has 168 valence electrons. The minimum absolute atomic E-state index is 0.105. The van der Waals surface area contributed by atoms with E-state index in [1.165, 1.54) is 12.1 Å². The molecular formula is C26H23FN2O4. The summed E-state index contributed by atoms with van der Waals surface area (Å²) in [5.41, 5.74) is 1.61. The van der Waals surface area contributed by atoms with Gasteiger partial charge in [-0.3, -0.25) is 14.9 Å². The van der Waals surface area contributed by atoms with Crippen LogP contribution in [0.1, 0.15) is 35.7 Å². The van der Waals surface area contributed by atoms with Crippen molar-refractivity contribution in [3.05, 3.63) is 116 Å². The van der Waals surface area contributed by atoms with Crippen molar-refractivity contribution in [2.75, 3.05) is 12.4 Å². The lowest BCUT2D eigenvalue weighted by molar-refractivity contribution is 0.414. The quantitative estimate of drug-likeness (QED) is 0.350. The molecule has 0 radical (unpaired) electrons. The number of nitrogens with one attached hydrogen (secondary N) is 2. The molecule has 0 aliphatic carbocycles. The smallest absolute Gasteiger partial charge is 0.271 e. The molecule has 3 N–H and O–H groups in total. The first-order valence-corrected chi connectivity index (χ1v) is 10.4. The second kappa shape index (κ2) is 9.26. The molecular weight excluding hydrogens is 423 g/mol. The number of methoxy groups -OCH3 is 1. The SMILES string of the molecule is COc1ccc(C(N[C@H](C)c2ccc(F)cc2)c2cccc(Nc3c(O)c(=O)c3=O)c2)cc1. The van der Waals surface area contributed by atoms with Crippen molar-refractivity contribution in [3.63, 3.8) is 0 Å². The minimum Gasteiger partial charge on any atom is -0.502 e. The van der Waals surface area contributed by atoms with Crippen molar-refractivity contribution in [2.24, 2.45) is 0 Å². The van der Waals surface area contributed by atoms with Crippen LogP contribution in [-0.4, -0.2) is 12.2 Å². The summed E-state index contributed by atoms with van der Waals surface area (Å²) in [5.74, 6) is -0.117. The number of aromatic hydroxyl groups is 1. The zero-order chi connectivity index (χ0) is 23.5. The molecule has 0 amide bonds. The highest BCUT2D eigenvalue weighted by Crippen LogP contribution is 2.30. The second-order valence-electron chi connectivity index (χ2n) is 7.78. The molecule has 0 fully saturated rings. The summed E-state index contributed by atoms with van der Waals surface area (Å²) < 4.78 is 18.6. The molecule has 33 heavy (non-hydrogen) atoms. The Balaban J connectivity index is 1.67. The summed E-state index contributed by atoms with van der Waals surface area (Å²) in [6.45, 7) is 1.99. The van der Waals surface area contributed by atoms with Gasteiger partial charge in [0.15, 0.2) is 5.75 Å². The highest BCUT2D eigenvalue weighted by molar-refractivity contribution is 5.69. The average Bonchev–Trinajstić information content (AvgIpc) is 2.85. The lowest BCUT2D eigenvalue weighted by atomic mass is 9.96. The molecule has 6 nitrogen and oxygen atoms in total. The van der Waals surface area contributed by atoms with Gasteiger partial charge < -0.3 is 15.2 Å². The molecule has 0 aliphatic rings. The van der Waals surface area contributed by atoms with E-state index in [0.717, 1.165) is 22.4 Å². The van der Waals surface area contributed by atoms with E-state index in [9.17, 15) is 19.1 Å². The number of benzene rings is 3. The molecule has 0 bridgehead atoms. The standard InChI is InChI=1S/C26H23FN2O4/c1-15(16-6-10-19(27)11-7-16)28-22(17-8-12-21(33-2)13-9-17)18-4-3-5-20(14-18)29-23-24(30)26(32)25(23)31/h3-15,22,28-30H,1-2H3/t15-,22?/m1/s1. The Hall–Kier alpha value is -3.97. The van der Waals surface area contributed by atoms with E-state index >= 15 is 0 Å². The molecule has 0 saturated carbocycles. The van der Waals surface area contributed by atoms with Crippen molar-refractivity contribution in [3.8, 4) is 11.5 Å². The van der Waals surface area contributed by atoms with Crippen LogP contribution in [-0.2, 0) is 0 Å². The third kappa shape index (κ3) is 4.63. The maximum Gasteiger partial charge on any atom is 0.271 e. The van der Waals surface area contributed by atoms with Gasteiger partial charge in [0.2, 0.25) is 0 Å². The topological polar surface area (TPSA) is 87.7 Å². The van der Waals surface area contributed by atoms with Crippen LogP contribution in [0.15, 0.2) is 82.4 Å². The van der Waals surface area contributed by atoms with Gasteiger partial charge in [0.1, 0.15) is 17.3 Å². The Labute approximate surface area is 190 Å². The maximum absolute atomic E-state index is 13.4. The molecule has 0 aromatic heterocycles. The second-order valence-corrected chi connectivity index (χ2v) is 7.78. The zero-order valence-corrected chi connectivity index (χ0v) is 18.1. The van der Waals surface area contributed by atoms with Crippen molar-refractivity contribution >= 4 is 11.4 Å². The highest BCUT2D eigenvalue weighted by atomic mass is 19.1. The van der Waals surface area contributed by atoms with Gasteiger partial charge in [-0.05, 0) is 60.0 Å². The third-order valence-corrected chi connectivity index (χ3v) is 5.61. The predicted molar refractivity (Wildman–Crippen MR) is 126 cm³/mol. The largest absolute Gasteiger partial charge is 0.502 e. The Morgan fingerprint density at radius 3 is 2.18 bits per heavy atom. The van der Waals surface area contributed by atoms with E-state index in [4.69, 9.17) is 4.74 Å². The number of anilines is 2. The molecule has 0 saturated heterocycles. The van der Waals surface area contributed by atoms with Gasteiger partial charge in [-0.1, -0.05) is 36.4 Å². The van der Waals surface area contributed by atoms with Crippen LogP contribution in [0.2, 0.25) is 0 Å². The molecule has 4 rings (SSSR count). The van der Waals surface area contributed by atoms with Crippen LogP contribution in [0.3, 0.4) is 0 Å². The fraction of sp³-hybridized carbons (Fsp3) is 0.154. The van der Waals surface area contributed by atoms with E-state index in [0.29, 0.717) is 5.69 Å². The normalized spacial score (nSPS) is 12.9. The molecule has 4 aromatic carbocycles. The van der Waals surface area contributed by atoms with Gasteiger partial charge in [0.05, 0.1) is 13.2 Å². The lowest BCUT2D eigenvalue weighted by Crippen LogP contribution is -2.32. The summed E-state index contributed by atoms with van der Waals surface area (Å²) in [6.07, 6.45) is 0. The Bertz CT molecular complexity index is 1330. The molecule has 0 aliphatic heterocycles. The Kier molecular flexibility index (Phi) is 6.24. The number of ether oxygens (including phenoxy) is 1. The lowest BCUT2D eigenvalue weighted by Gasteiger charge is -2.25. The van der Waals surface area contributed by atoms with E-state index in [1.807, 2.05) is 49.4 Å². The number of hydrogen-bond acceptors (Lipinski definition) is 6. The average molecular weight is 446 g/mol. The summed E-state index contributed by atoms with van der Waals surface area (Å²) >= 11 is 0. The van der Waals surface area contributed by atoms with Gasteiger partial charge in [-0.2, -0.15) is 0 Å². The number of rotatable bonds is 8. The minimum atomic E-state index is -0.889. The van der Waals surface area contributed by atoms with Crippen LogP contribution in [0.25, 0.3) is 0 Å². The molecule has 4 aromatic rings. The van der Waals surface area contributed by atoms with Crippen LogP contribution in [0, 0.1) is 5.82 Å². The van der Waals surface area contributed by atoms with E-state index in [2.05, 4.69) is 10.6 Å². The van der Waals surface area contributed by atoms with Crippen LogP contribution in [0.5, 0.6) is 11.5 Å². The third-order valence-electron chi connectivity index (χ3n) is 5.61. The zero-order valence-electron chi connectivity index (χ0n) is 18.1. The first kappa shape index (κ1) is 22.2. The first-order chi connectivity index (χ1) is 15.9. The Morgan fingerprint density at radius 2 is 1.55 bits per heavy atom.